The second-order valence-electron chi connectivity index (χ2n) is 3.86. The molecule has 0 aliphatic heterocycles. The number of aryl methyl sites for hydroxylation is 1. The minimum atomic E-state index is -2.64. The summed E-state index contributed by atoms with van der Waals surface area (Å²) in [6.07, 6.45) is 3.00. The van der Waals surface area contributed by atoms with E-state index < -0.39 is 11.3 Å². The summed E-state index contributed by atoms with van der Waals surface area (Å²) in [4.78, 5) is 3.88. The number of halogens is 2. The number of rotatable bonds is 2. The van der Waals surface area contributed by atoms with Gasteiger partial charge in [0.05, 0.1) is 5.41 Å². The molecule has 1 aliphatic rings. The van der Waals surface area contributed by atoms with Gasteiger partial charge in [-0.25, -0.2) is 8.78 Å². The molecule has 1 heterocycles. The lowest BCUT2D eigenvalue weighted by Crippen LogP contribution is -2.27. The zero-order chi connectivity index (χ0) is 10.4. The molecule has 2 rings (SSSR count). The lowest BCUT2D eigenvalue weighted by Gasteiger charge is -2.16. The molecule has 0 saturated heterocycles. The highest BCUT2D eigenvalue weighted by Crippen LogP contribution is 2.61. The lowest BCUT2D eigenvalue weighted by atomic mass is 9.93. The van der Waals surface area contributed by atoms with Crippen LogP contribution >= 0.6 is 0 Å². The van der Waals surface area contributed by atoms with E-state index in [9.17, 15) is 8.78 Å². The Morgan fingerprint density at radius 1 is 1.57 bits per heavy atom. The van der Waals surface area contributed by atoms with E-state index in [1.807, 2.05) is 0 Å². The Bertz CT molecular complexity index is 365. The molecular weight excluding hydrogens is 186 g/mol. The first-order valence-corrected chi connectivity index (χ1v) is 4.52. The maximum Gasteiger partial charge on any atom is 0.260 e. The third-order valence-electron chi connectivity index (χ3n) is 2.98. The predicted molar refractivity (Wildman–Crippen MR) is 49.3 cm³/mol. The summed E-state index contributed by atoms with van der Waals surface area (Å²) >= 11 is 0. The first-order chi connectivity index (χ1) is 6.53. The van der Waals surface area contributed by atoms with Crippen molar-refractivity contribution in [3.63, 3.8) is 0 Å². The third kappa shape index (κ3) is 1.07. The smallest absolute Gasteiger partial charge is 0.260 e. The third-order valence-corrected chi connectivity index (χ3v) is 2.98. The van der Waals surface area contributed by atoms with Gasteiger partial charge in [0.25, 0.3) is 5.92 Å². The number of hydrogen-bond acceptors (Lipinski definition) is 2. The maximum atomic E-state index is 13.2. The Hall–Kier alpha value is -1.03. The summed E-state index contributed by atoms with van der Waals surface area (Å²) < 4.78 is 26.4. The highest BCUT2D eigenvalue weighted by atomic mass is 19.3. The van der Waals surface area contributed by atoms with Crippen LogP contribution in [0.4, 0.5) is 8.78 Å². The largest absolute Gasteiger partial charge is 0.329 e. The van der Waals surface area contributed by atoms with E-state index in [-0.39, 0.29) is 13.0 Å². The minimum Gasteiger partial charge on any atom is -0.329 e. The summed E-state index contributed by atoms with van der Waals surface area (Å²) in [6.45, 7) is 1.78. The van der Waals surface area contributed by atoms with Crippen LogP contribution in [0, 0.1) is 6.92 Å². The summed E-state index contributed by atoms with van der Waals surface area (Å²) in [6, 6.07) is 1.64. The summed E-state index contributed by atoms with van der Waals surface area (Å²) in [5, 5.41) is 0. The lowest BCUT2D eigenvalue weighted by molar-refractivity contribution is 0.0894. The van der Waals surface area contributed by atoms with Crippen molar-refractivity contribution in [2.24, 2.45) is 5.73 Å². The SMILES string of the molecule is Cc1cnccc1C1(CN)CC1(F)F. The zero-order valence-electron chi connectivity index (χ0n) is 7.93. The Balaban J connectivity index is 2.46. The van der Waals surface area contributed by atoms with Gasteiger partial charge in [0.1, 0.15) is 0 Å². The van der Waals surface area contributed by atoms with Gasteiger partial charge in [-0.2, -0.15) is 0 Å². The van der Waals surface area contributed by atoms with Crippen molar-refractivity contribution in [1.82, 2.24) is 4.98 Å². The molecule has 1 aliphatic carbocycles. The number of nitrogens with zero attached hydrogens (tertiary/aromatic N) is 1. The fraction of sp³-hybridized carbons (Fsp3) is 0.500. The van der Waals surface area contributed by atoms with Crippen LogP contribution in [0.3, 0.4) is 0 Å². The summed E-state index contributed by atoms with van der Waals surface area (Å²) in [5.74, 6) is -2.64. The van der Waals surface area contributed by atoms with Gasteiger partial charge in [-0.1, -0.05) is 0 Å². The molecule has 0 amide bonds. The van der Waals surface area contributed by atoms with Gasteiger partial charge in [-0.05, 0) is 24.1 Å². The van der Waals surface area contributed by atoms with Crippen molar-refractivity contribution < 1.29 is 8.78 Å². The van der Waals surface area contributed by atoms with E-state index in [2.05, 4.69) is 4.98 Å². The molecule has 14 heavy (non-hydrogen) atoms. The Labute approximate surface area is 81.1 Å². The monoisotopic (exact) mass is 198 g/mol. The molecule has 1 saturated carbocycles. The van der Waals surface area contributed by atoms with Crippen molar-refractivity contribution in [2.45, 2.75) is 24.7 Å². The average molecular weight is 198 g/mol. The summed E-state index contributed by atoms with van der Waals surface area (Å²) in [5.41, 5.74) is 5.75. The van der Waals surface area contributed by atoms with E-state index in [0.717, 1.165) is 5.56 Å². The quantitative estimate of drug-likeness (QED) is 0.784. The fourth-order valence-electron chi connectivity index (χ4n) is 1.97. The molecule has 1 aromatic heterocycles. The van der Waals surface area contributed by atoms with Crippen LogP contribution in [-0.4, -0.2) is 17.5 Å². The summed E-state index contributed by atoms with van der Waals surface area (Å²) in [7, 11) is 0. The van der Waals surface area contributed by atoms with Crippen molar-refractivity contribution >= 4 is 0 Å². The molecule has 76 valence electrons. The Kier molecular flexibility index (Phi) is 1.86. The van der Waals surface area contributed by atoms with Gasteiger partial charge >= 0.3 is 0 Å². The van der Waals surface area contributed by atoms with Gasteiger partial charge in [0.15, 0.2) is 0 Å². The van der Waals surface area contributed by atoms with Crippen LogP contribution in [0.1, 0.15) is 17.5 Å². The maximum absolute atomic E-state index is 13.2. The van der Waals surface area contributed by atoms with Crippen LogP contribution < -0.4 is 5.73 Å². The fourth-order valence-corrected chi connectivity index (χ4v) is 1.97. The van der Waals surface area contributed by atoms with E-state index >= 15 is 0 Å². The van der Waals surface area contributed by atoms with Crippen LogP contribution in [0.5, 0.6) is 0 Å². The molecule has 1 fully saturated rings. The van der Waals surface area contributed by atoms with Crippen LogP contribution in [0.25, 0.3) is 0 Å². The van der Waals surface area contributed by atoms with Gasteiger partial charge in [-0.15, -0.1) is 0 Å². The molecule has 1 aromatic rings. The molecule has 2 nitrogen and oxygen atoms in total. The molecule has 0 bridgehead atoms. The van der Waals surface area contributed by atoms with Crippen LogP contribution in [-0.2, 0) is 5.41 Å². The first kappa shape index (κ1) is 9.52. The van der Waals surface area contributed by atoms with Crippen molar-refractivity contribution in [3.05, 3.63) is 29.6 Å². The molecule has 4 heteroatoms. The Morgan fingerprint density at radius 2 is 2.21 bits per heavy atom. The standard InChI is InChI=1S/C10H12F2N2/c1-7-4-14-3-2-8(7)9(6-13)5-10(9,11)12/h2-4H,5-6,13H2,1H3. The van der Waals surface area contributed by atoms with E-state index in [0.29, 0.717) is 5.56 Å². The van der Waals surface area contributed by atoms with Crippen LogP contribution in [0.15, 0.2) is 18.5 Å². The first-order valence-electron chi connectivity index (χ1n) is 4.52. The zero-order valence-corrected chi connectivity index (χ0v) is 7.93. The molecule has 1 atom stereocenters. The van der Waals surface area contributed by atoms with E-state index in [1.165, 1.54) is 6.20 Å². The van der Waals surface area contributed by atoms with Crippen molar-refractivity contribution in [2.75, 3.05) is 6.54 Å². The average Bonchev–Trinajstić information content (AvgIpc) is 2.70. The van der Waals surface area contributed by atoms with E-state index in [1.54, 1.807) is 19.2 Å². The molecule has 0 aromatic carbocycles. The highest BCUT2D eigenvalue weighted by molar-refractivity contribution is 5.41. The normalized spacial score (nSPS) is 28.9. The second kappa shape index (κ2) is 2.73. The molecule has 0 radical (unpaired) electrons. The van der Waals surface area contributed by atoms with Crippen LogP contribution in [0.2, 0.25) is 0 Å². The molecular formula is C10H12F2N2. The molecule has 1 unspecified atom stereocenters. The minimum absolute atomic E-state index is 0.00907. The number of nitrogens with two attached hydrogens (primary N) is 1. The van der Waals surface area contributed by atoms with Crippen molar-refractivity contribution in [3.8, 4) is 0 Å². The number of alkyl halides is 2. The molecule has 0 spiro atoms. The number of aromatic nitrogens is 1. The number of hydrogen-bond donors (Lipinski definition) is 1. The predicted octanol–water partition coefficient (Wildman–Crippen LogP) is 1.63. The molecule has 2 N–H and O–H groups in total. The topological polar surface area (TPSA) is 38.9 Å². The Morgan fingerprint density at radius 3 is 2.64 bits per heavy atom. The van der Waals surface area contributed by atoms with E-state index in [4.69, 9.17) is 5.73 Å². The highest BCUT2D eigenvalue weighted by Gasteiger charge is 2.71. The van der Waals surface area contributed by atoms with Gasteiger partial charge in [0, 0.05) is 25.4 Å². The van der Waals surface area contributed by atoms with Gasteiger partial charge in [-0.3, -0.25) is 4.98 Å². The van der Waals surface area contributed by atoms with Crippen molar-refractivity contribution in [1.29, 1.82) is 0 Å². The van der Waals surface area contributed by atoms with Gasteiger partial charge in [0.2, 0.25) is 0 Å². The number of pyridine rings is 1. The second-order valence-corrected chi connectivity index (χ2v) is 3.86. The van der Waals surface area contributed by atoms with Gasteiger partial charge < -0.3 is 5.73 Å².